The van der Waals surface area contributed by atoms with Gasteiger partial charge in [0.2, 0.25) is 11.8 Å². The predicted octanol–water partition coefficient (Wildman–Crippen LogP) is 4.43. The molecule has 34 heavy (non-hydrogen) atoms. The van der Waals surface area contributed by atoms with E-state index >= 15 is 0 Å². The van der Waals surface area contributed by atoms with E-state index in [1.54, 1.807) is 29.2 Å². The summed E-state index contributed by atoms with van der Waals surface area (Å²) in [4.78, 5) is 39.3. The van der Waals surface area contributed by atoms with E-state index in [-0.39, 0.29) is 30.2 Å². The molecular formula is C28H29N3O3. The van der Waals surface area contributed by atoms with E-state index in [2.05, 4.69) is 22.8 Å². The largest absolute Gasteiger partial charge is 0.350 e. The highest BCUT2D eigenvalue weighted by Gasteiger charge is 2.35. The molecule has 0 aromatic heterocycles. The number of benzene rings is 3. The number of amides is 3. The van der Waals surface area contributed by atoms with Crippen LogP contribution < -0.4 is 15.5 Å². The van der Waals surface area contributed by atoms with Gasteiger partial charge in [-0.1, -0.05) is 48.5 Å². The molecule has 0 aliphatic carbocycles. The second-order valence-electron chi connectivity index (χ2n) is 8.71. The smallest absolute Gasteiger partial charge is 0.251 e. The maximum Gasteiger partial charge on any atom is 0.251 e. The van der Waals surface area contributed by atoms with Crippen molar-refractivity contribution in [3.8, 4) is 0 Å². The standard InChI is InChI=1S/C28H29N3O3/c1-20(12-13-21-8-4-2-5-9-21)29-27(33)22-14-16-24(17-15-22)30-28(34)23-18-26(32)31(19-23)25-10-6-3-7-11-25/h2-11,14-17,20,23H,12-13,18-19H2,1H3,(H,29,33)(H,30,34). The number of aryl methyl sites for hydroxylation is 1. The van der Waals surface area contributed by atoms with Gasteiger partial charge in [0.05, 0.1) is 5.92 Å². The van der Waals surface area contributed by atoms with Crippen LogP contribution in [0.3, 0.4) is 0 Å². The number of nitrogens with one attached hydrogen (secondary N) is 2. The van der Waals surface area contributed by atoms with Crippen LogP contribution >= 0.6 is 0 Å². The summed E-state index contributed by atoms with van der Waals surface area (Å²) >= 11 is 0. The van der Waals surface area contributed by atoms with Crippen LogP contribution in [0.5, 0.6) is 0 Å². The Morgan fingerprint density at radius 1 is 0.941 bits per heavy atom. The minimum Gasteiger partial charge on any atom is -0.350 e. The Bertz CT molecular complexity index is 1130. The highest BCUT2D eigenvalue weighted by atomic mass is 16.2. The monoisotopic (exact) mass is 455 g/mol. The average molecular weight is 456 g/mol. The van der Waals surface area contributed by atoms with Crippen LogP contribution in [0.15, 0.2) is 84.9 Å². The number of hydrogen-bond donors (Lipinski definition) is 2. The molecule has 6 heteroatoms. The Kier molecular flexibility index (Phi) is 7.38. The third kappa shape index (κ3) is 5.90. The normalized spacial score (nSPS) is 16.2. The fourth-order valence-corrected chi connectivity index (χ4v) is 4.10. The zero-order chi connectivity index (χ0) is 23.9. The van der Waals surface area contributed by atoms with E-state index < -0.39 is 5.92 Å². The van der Waals surface area contributed by atoms with Crippen molar-refractivity contribution in [1.29, 1.82) is 0 Å². The zero-order valence-electron chi connectivity index (χ0n) is 19.2. The average Bonchev–Trinajstić information content (AvgIpc) is 3.26. The summed E-state index contributed by atoms with van der Waals surface area (Å²) in [6, 6.07) is 26.4. The molecule has 0 radical (unpaired) electrons. The topological polar surface area (TPSA) is 78.5 Å². The molecule has 1 fully saturated rings. The third-order valence-corrected chi connectivity index (χ3v) is 6.06. The van der Waals surface area contributed by atoms with Crippen molar-refractivity contribution >= 4 is 29.1 Å². The van der Waals surface area contributed by atoms with E-state index in [0.717, 1.165) is 18.5 Å². The minimum absolute atomic E-state index is 0.0412. The van der Waals surface area contributed by atoms with Crippen molar-refractivity contribution in [3.63, 3.8) is 0 Å². The maximum atomic E-state index is 12.7. The van der Waals surface area contributed by atoms with Crippen molar-refractivity contribution in [1.82, 2.24) is 5.32 Å². The van der Waals surface area contributed by atoms with Gasteiger partial charge in [-0.15, -0.1) is 0 Å². The van der Waals surface area contributed by atoms with Gasteiger partial charge in [0.15, 0.2) is 0 Å². The van der Waals surface area contributed by atoms with Gasteiger partial charge < -0.3 is 15.5 Å². The molecule has 0 saturated carbocycles. The van der Waals surface area contributed by atoms with Crippen LogP contribution in [0, 0.1) is 5.92 Å². The summed E-state index contributed by atoms with van der Waals surface area (Å²) < 4.78 is 0. The van der Waals surface area contributed by atoms with Gasteiger partial charge in [-0.05, 0) is 61.7 Å². The lowest BCUT2D eigenvalue weighted by atomic mass is 10.1. The van der Waals surface area contributed by atoms with E-state index in [1.807, 2.05) is 55.5 Å². The Balaban J connectivity index is 1.27. The molecule has 3 aromatic carbocycles. The number of anilines is 2. The fourth-order valence-electron chi connectivity index (χ4n) is 4.10. The lowest BCUT2D eigenvalue weighted by molar-refractivity contribution is -0.122. The van der Waals surface area contributed by atoms with Gasteiger partial charge in [0, 0.05) is 35.9 Å². The summed E-state index contributed by atoms with van der Waals surface area (Å²) in [5.41, 5.74) is 3.19. The van der Waals surface area contributed by atoms with Gasteiger partial charge in [-0.25, -0.2) is 0 Å². The van der Waals surface area contributed by atoms with Gasteiger partial charge in [0.25, 0.3) is 5.91 Å². The van der Waals surface area contributed by atoms with Crippen LogP contribution in [-0.2, 0) is 16.0 Å². The number of nitrogens with zero attached hydrogens (tertiary/aromatic N) is 1. The highest BCUT2D eigenvalue weighted by Crippen LogP contribution is 2.26. The van der Waals surface area contributed by atoms with Crippen molar-refractivity contribution in [2.45, 2.75) is 32.2 Å². The van der Waals surface area contributed by atoms with Gasteiger partial charge >= 0.3 is 0 Å². The Labute approximate surface area is 200 Å². The second-order valence-corrected chi connectivity index (χ2v) is 8.71. The van der Waals surface area contributed by atoms with Crippen molar-refractivity contribution in [3.05, 3.63) is 96.1 Å². The molecule has 6 nitrogen and oxygen atoms in total. The summed E-state index contributed by atoms with van der Waals surface area (Å²) in [6.07, 6.45) is 1.94. The maximum absolute atomic E-state index is 12.7. The number of carbonyl (C=O) groups excluding carboxylic acids is 3. The lowest BCUT2D eigenvalue weighted by Crippen LogP contribution is -2.32. The molecule has 3 amide bonds. The van der Waals surface area contributed by atoms with Crippen LogP contribution in [0.4, 0.5) is 11.4 Å². The number of carbonyl (C=O) groups is 3. The molecule has 1 aliphatic heterocycles. The van der Waals surface area contributed by atoms with Crippen molar-refractivity contribution in [2.75, 3.05) is 16.8 Å². The van der Waals surface area contributed by atoms with E-state index in [0.29, 0.717) is 17.8 Å². The van der Waals surface area contributed by atoms with Crippen molar-refractivity contribution < 1.29 is 14.4 Å². The van der Waals surface area contributed by atoms with Gasteiger partial charge in [0.1, 0.15) is 0 Å². The molecule has 1 saturated heterocycles. The van der Waals surface area contributed by atoms with Crippen LogP contribution in [0.25, 0.3) is 0 Å². The van der Waals surface area contributed by atoms with E-state index in [1.165, 1.54) is 5.56 Å². The summed E-state index contributed by atoms with van der Waals surface area (Å²) in [7, 11) is 0. The summed E-state index contributed by atoms with van der Waals surface area (Å²) in [5, 5.41) is 5.90. The fraction of sp³-hybridized carbons (Fsp3) is 0.250. The minimum atomic E-state index is -0.416. The summed E-state index contributed by atoms with van der Waals surface area (Å²) in [5.74, 6) is -0.808. The molecule has 1 aliphatic rings. The zero-order valence-corrected chi connectivity index (χ0v) is 19.2. The molecule has 1 heterocycles. The van der Waals surface area contributed by atoms with Crippen LogP contribution in [0.2, 0.25) is 0 Å². The van der Waals surface area contributed by atoms with Crippen LogP contribution in [0.1, 0.15) is 35.7 Å². The first-order valence-corrected chi connectivity index (χ1v) is 11.6. The first-order chi connectivity index (χ1) is 16.5. The molecule has 2 N–H and O–H groups in total. The number of para-hydroxylation sites is 1. The quantitative estimate of drug-likeness (QED) is 0.528. The first-order valence-electron chi connectivity index (χ1n) is 11.6. The van der Waals surface area contributed by atoms with Crippen LogP contribution in [-0.4, -0.2) is 30.3 Å². The Morgan fingerprint density at radius 2 is 1.59 bits per heavy atom. The number of rotatable bonds is 8. The van der Waals surface area contributed by atoms with Crippen molar-refractivity contribution in [2.24, 2.45) is 5.92 Å². The highest BCUT2D eigenvalue weighted by molar-refractivity contribution is 6.03. The first kappa shape index (κ1) is 23.2. The van der Waals surface area contributed by atoms with Gasteiger partial charge in [-0.2, -0.15) is 0 Å². The SMILES string of the molecule is CC(CCc1ccccc1)NC(=O)c1ccc(NC(=O)C2CC(=O)N(c3ccccc3)C2)cc1. The Hall–Kier alpha value is -3.93. The number of hydrogen-bond acceptors (Lipinski definition) is 3. The molecule has 2 unspecified atom stereocenters. The molecule has 0 bridgehead atoms. The molecule has 0 spiro atoms. The third-order valence-electron chi connectivity index (χ3n) is 6.06. The molecule has 174 valence electrons. The molecule has 2 atom stereocenters. The molecule has 4 rings (SSSR count). The second kappa shape index (κ2) is 10.8. The predicted molar refractivity (Wildman–Crippen MR) is 134 cm³/mol. The lowest BCUT2D eigenvalue weighted by Gasteiger charge is -2.16. The molecule has 3 aromatic rings. The van der Waals surface area contributed by atoms with E-state index in [9.17, 15) is 14.4 Å². The van der Waals surface area contributed by atoms with E-state index in [4.69, 9.17) is 0 Å². The Morgan fingerprint density at radius 3 is 2.26 bits per heavy atom. The summed E-state index contributed by atoms with van der Waals surface area (Å²) in [6.45, 7) is 2.35. The van der Waals surface area contributed by atoms with Gasteiger partial charge in [-0.3, -0.25) is 14.4 Å². The molecular weight excluding hydrogens is 426 g/mol.